The fourth-order valence-electron chi connectivity index (χ4n) is 2.89. The Morgan fingerprint density at radius 2 is 1.62 bits per heavy atom. The van der Waals surface area contributed by atoms with Gasteiger partial charge in [0.2, 0.25) is 0 Å². The van der Waals surface area contributed by atoms with Gasteiger partial charge in [-0.3, -0.25) is 4.79 Å². The van der Waals surface area contributed by atoms with Gasteiger partial charge in [-0.2, -0.15) is 0 Å². The number of halogens is 1. The van der Waals surface area contributed by atoms with Crippen molar-refractivity contribution in [1.82, 2.24) is 4.98 Å². The number of hydrogen-bond acceptors (Lipinski definition) is 5. The molecule has 29 heavy (non-hydrogen) atoms. The quantitative estimate of drug-likeness (QED) is 0.484. The second-order valence-electron chi connectivity index (χ2n) is 5.98. The molecule has 0 saturated heterocycles. The van der Waals surface area contributed by atoms with Crippen LogP contribution in [0.3, 0.4) is 0 Å². The van der Waals surface area contributed by atoms with Crippen LogP contribution < -0.4 is 16.0 Å². The first kappa shape index (κ1) is 20.0. The van der Waals surface area contributed by atoms with Crippen LogP contribution in [0.1, 0.15) is 26.3 Å². The highest BCUT2D eigenvalue weighted by Gasteiger charge is 2.28. The highest BCUT2D eigenvalue weighted by molar-refractivity contribution is 6.31. The molecule has 148 valence electrons. The number of aromatic amines is 1. The molecule has 0 amide bonds. The van der Waals surface area contributed by atoms with E-state index in [1.807, 2.05) is 0 Å². The van der Waals surface area contributed by atoms with Gasteiger partial charge in [-0.25, -0.2) is 9.59 Å². The molecule has 5 N–H and O–H groups in total. The van der Waals surface area contributed by atoms with Crippen LogP contribution in [0.5, 0.6) is 5.75 Å². The zero-order chi connectivity index (χ0) is 21.1. The standard InChI is InChI=1S/C20H15ClN2O6/c21-12-7-3-1-5-10(12)9-29-13-8-4-2-6-11(13)14-15(19(25)26)17(22)23-18(24)16(14)20(27)28/h1-8H,9H2,(H,25,26)(H,27,28)(H3,22,23,24). The molecule has 0 saturated carbocycles. The molecule has 0 aliphatic rings. The number of pyridine rings is 1. The van der Waals surface area contributed by atoms with E-state index in [1.54, 1.807) is 36.4 Å². The Bertz CT molecular complexity index is 1170. The molecular formula is C20H15ClN2O6. The Labute approximate surface area is 169 Å². The van der Waals surface area contributed by atoms with E-state index >= 15 is 0 Å². The molecule has 1 heterocycles. The van der Waals surface area contributed by atoms with Crippen molar-refractivity contribution >= 4 is 29.4 Å². The highest BCUT2D eigenvalue weighted by Crippen LogP contribution is 2.36. The van der Waals surface area contributed by atoms with Crippen molar-refractivity contribution in [1.29, 1.82) is 0 Å². The van der Waals surface area contributed by atoms with Gasteiger partial charge in [-0.05, 0) is 12.1 Å². The number of aromatic nitrogens is 1. The van der Waals surface area contributed by atoms with Gasteiger partial charge in [0.25, 0.3) is 5.56 Å². The van der Waals surface area contributed by atoms with Crippen molar-refractivity contribution in [3.05, 3.63) is 80.6 Å². The summed E-state index contributed by atoms with van der Waals surface area (Å²) >= 11 is 6.12. The zero-order valence-electron chi connectivity index (χ0n) is 14.8. The number of rotatable bonds is 6. The number of carboxylic acids is 2. The number of nitrogen functional groups attached to an aromatic ring is 1. The fourth-order valence-corrected chi connectivity index (χ4v) is 3.08. The smallest absolute Gasteiger partial charge is 0.342 e. The van der Waals surface area contributed by atoms with Gasteiger partial charge < -0.3 is 25.7 Å². The van der Waals surface area contributed by atoms with Crippen LogP contribution in [0.4, 0.5) is 5.82 Å². The van der Waals surface area contributed by atoms with E-state index in [9.17, 15) is 24.6 Å². The second-order valence-corrected chi connectivity index (χ2v) is 6.39. The van der Waals surface area contributed by atoms with E-state index in [0.717, 1.165) is 0 Å². The number of hydrogen-bond donors (Lipinski definition) is 4. The predicted molar refractivity (Wildman–Crippen MR) is 107 cm³/mol. The number of carboxylic acid groups (broad SMARTS) is 2. The molecular weight excluding hydrogens is 400 g/mol. The van der Waals surface area contributed by atoms with E-state index in [0.29, 0.717) is 10.6 Å². The van der Waals surface area contributed by atoms with Crippen LogP contribution in [-0.4, -0.2) is 27.1 Å². The molecule has 0 unspecified atom stereocenters. The van der Waals surface area contributed by atoms with Crippen molar-refractivity contribution in [2.45, 2.75) is 6.61 Å². The summed E-state index contributed by atoms with van der Waals surface area (Å²) in [7, 11) is 0. The van der Waals surface area contributed by atoms with Gasteiger partial charge in [-0.1, -0.05) is 48.0 Å². The number of nitrogens with one attached hydrogen (secondary N) is 1. The van der Waals surface area contributed by atoms with Gasteiger partial charge in [-0.15, -0.1) is 0 Å². The summed E-state index contributed by atoms with van der Waals surface area (Å²) in [5.74, 6) is -3.37. The Balaban J connectivity index is 2.20. The molecule has 2 aromatic carbocycles. The number of para-hydroxylation sites is 1. The number of anilines is 1. The van der Waals surface area contributed by atoms with Crippen molar-refractivity contribution < 1.29 is 24.5 Å². The lowest BCUT2D eigenvalue weighted by atomic mass is 9.94. The van der Waals surface area contributed by atoms with E-state index in [1.165, 1.54) is 12.1 Å². The van der Waals surface area contributed by atoms with Crippen LogP contribution >= 0.6 is 11.6 Å². The summed E-state index contributed by atoms with van der Waals surface area (Å²) in [4.78, 5) is 37.8. The lowest BCUT2D eigenvalue weighted by Crippen LogP contribution is -2.24. The summed E-state index contributed by atoms with van der Waals surface area (Å²) in [6, 6.07) is 13.2. The van der Waals surface area contributed by atoms with Crippen LogP contribution in [0.25, 0.3) is 11.1 Å². The summed E-state index contributed by atoms with van der Waals surface area (Å²) in [5, 5.41) is 19.6. The SMILES string of the molecule is Nc1[nH]c(=O)c(C(=O)O)c(-c2ccccc2OCc2ccccc2Cl)c1C(=O)O. The minimum absolute atomic E-state index is 0.0418. The lowest BCUT2D eigenvalue weighted by molar-refractivity contribution is 0.0695. The van der Waals surface area contributed by atoms with Crippen LogP contribution in [-0.2, 0) is 6.61 Å². The third-order valence-corrected chi connectivity index (χ3v) is 4.54. The van der Waals surface area contributed by atoms with Crippen molar-refractivity contribution in [3.63, 3.8) is 0 Å². The first-order valence-corrected chi connectivity index (χ1v) is 8.67. The Morgan fingerprint density at radius 1 is 1.00 bits per heavy atom. The van der Waals surface area contributed by atoms with Crippen LogP contribution in [0.2, 0.25) is 5.02 Å². The molecule has 0 fully saturated rings. The molecule has 3 aromatic rings. The number of ether oxygens (including phenoxy) is 1. The van der Waals surface area contributed by atoms with Gasteiger partial charge in [0, 0.05) is 21.7 Å². The van der Waals surface area contributed by atoms with E-state index in [4.69, 9.17) is 22.1 Å². The summed E-state index contributed by atoms with van der Waals surface area (Å²) < 4.78 is 5.78. The number of nitrogens with two attached hydrogens (primary N) is 1. The predicted octanol–water partition coefficient (Wildman–Crippen LogP) is 3.25. The monoisotopic (exact) mass is 414 g/mol. The molecule has 0 spiro atoms. The van der Waals surface area contributed by atoms with Gasteiger partial charge >= 0.3 is 11.9 Å². The number of carbonyl (C=O) groups is 2. The van der Waals surface area contributed by atoms with Gasteiger partial charge in [0.1, 0.15) is 29.3 Å². The molecule has 3 rings (SSSR count). The Hall–Kier alpha value is -3.78. The summed E-state index contributed by atoms with van der Waals surface area (Å²) in [5.41, 5.74) is 3.83. The number of benzene rings is 2. The number of H-pyrrole nitrogens is 1. The highest BCUT2D eigenvalue weighted by atomic mass is 35.5. The number of aromatic carboxylic acids is 2. The topological polar surface area (TPSA) is 143 Å². The minimum atomic E-state index is -1.59. The summed E-state index contributed by atoms with van der Waals surface area (Å²) in [6.45, 7) is 0.0418. The molecule has 9 heteroatoms. The van der Waals surface area contributed by atoms with Gasteiger partial charge in [0.15, 0.2) is 0 Å². The Morgan fingerprint density at radius 3 is 2.28 bits per heavy atom. The third-order valence-electron chi connectivity index (χ3n) is 4.17. The molecule has 0 atom stereocenters. The van der Waals surface area contributed by atoms with Crippen molar-refractivity contribution in [2.75, 3.05) is 5.73 Å². The zero-order valence-corrected chi connectivity index (χ0v) is 15.6. The minimum Gasteiger partial charge on any atom is -0.488 e. The maximum Gasteiger partial charge on any atom is 0.342 e. The molecule has 0 bridgehead atoms. The van der Waals surface area contributed by atoms with E-state index in [-0.39, 0.29) is 23.5 Å². The van der Waals surface area contributed by atoms with Crippen LogP contribution in [0.15, 0.2) is 53.3 Å². The third kappa shape index (κ3) is 3.92. The fraction of sp³-hybridized carbons (Fsp3) is 0.0500. The molecule has 0 radical (unpaired) electrons. The normalized spacial score (nSPS) is 10.5. The first-order valence-electron chi connectivity index (χ1n) is 8.29. The largest absolute Gasteiger partial charge is 0.488 e. The van der Waals surface area contributed by atoms with E-state index in [2.05, 4.69) is 4.98 Å². The van der Waals surface area contributed by atoms with Crippen molar-refractivity contribution in [2.24, 2.45) is 0 Å². The average molecular weight is 415 g/mol. The Kier molecular flexibility index (Phi) is 5.56. The summed E-state index contributed by atoms with van der Waals surface area (Å²) in [6.07, 6.45) is 0. The molecule has 0 aliphatic carbocycles. The maximum absolute atomic E-state index is 12.2. The maximum atomic E-state index is 12.2. The molecule has 0 aliphatic heterocycles. The second kappa shape index (κ2) is 8.07. The van der Waals surface area contributed by atoms with Crippen molar-refractivity contribution in [3.8, 4) is 16.9 Å². The first-order chi connectivity index (χ1) is 13.8. The molecule has 1 aromatic heterocycles. The van der Waals surface area contributed by atoms with Crippen LogP contribution in [0, 0.1) is 0 Å². The van der Waals surface area contributed by atoms with Gasteiger partial charge in [0.05, 0.1) is 0 Å². The lowest BCUT2D eigenvalue weighted by Gasteiger charge is -2.16. The molecule has 8 nitrogen and oxygen atoms in total. The average Bonchev–Trinajstić information content (AvgIpc) is 2.66. The van der Waals surface area contributed by atoms with E-state index < -0.39 is 34.4 Å².